The quantitative estimate of drug-likeness (QED) is 0.591. The fourth-order valence-electron chi connectivity index (χ4n) is 0.708. The molecule has 2 nitrogen and oxygen atoms in total. The summed E-state index contributed by atoms with van der Waals surface area (Å²) in [6.07, 6.45) is 2.03. The molecule has 0 spiro atoms. The number of nitrogens with zero attached hydrogens (tertiary/aromatic N) is 1. The lowest BCUT2D eigenvalue weighted by Gasteiger charge is -2.00. The van der Waals surface area contributed by atoms with Gasteiger partial charge in [-0.05, 0) is 26.8 Å². The van der Waals surface area contributed by atoms with E-state index >= 15 is 0 Å². The molecule has 0 heterocycles. The lowest BCUT2D eigenvalue weighted by atomic mass is 10.3. The van der Waals surface area contributed by atoms with Gasteiger partial charge in [-0.1, -0.05) is 0 Å². The monoisotopic (exact) mass is 140 g/mol. The Morgan fingerprint density at radius 1 is 1.50 bits per heavy atom. The van der Waals surface area contributed by atoms with Crippen molar-refractivity contribution in [1.82, 2.24) is 5.32 Å². The highest BCUT2D eigenvalue weighted by atomic mass is 14.9. The molecule has 0 aliphatic rings. The van der Waals surface area contributed by atoms with Crippen molar-refractivity contribution in [3.8, 4) is 0 Å². The van der Waals surface area contributed by atoms with E-state index in [2.05, 4.69) is 17.2 Å². The van der Waals surface area contributed by atoms with E-state index in [4.69, 9.17) is 0 Å². The van der Waals surface area contributed by atoms with Gasteiger partial charge >= 0.3 is 0 Å². The summed E-state index contributed by atoms with van der Waals surface area (Å²) in [7, 11) is 1.80. The summed E-state index contributed by atoms with van der Waals surface area (Å²) in [4.78, 5) is 4.01. The van der Waals surface area contributed by atoms with Gasteiger partial charge in [-0.3, -0.25) is 4.99 Å². The van der Waals surface area contributed by atoms with Crippen LogP contribution in [-0.4, -0.2) is 19.3 Å². The van der Waals surface area contributed by atoms with Crippen LogP contribution in [0.25, 0.3) is 0 Å². The lowest BCUT2D eigenvalue weighted by molar-refractivity contribution is 0.856. The van der Waals surface area contributed by atoms with E-state index in [1.165, 1.54) is 5.70 Å². The zero-order chi connectivity index (χ0) is 7.98. The molecule has 0 fully saturated rings. The Hall–Kier alpha value is -0.790. The molecule has 0 aliphatic carbocycles. The predicted molar refractivity (Wildman–Crippen MR) is 46.5 cm³/mol. The van der Waals surface area contributed by atoms with Gasteiger partial charge in [0.05, 0.1) is 0 Å². The first kappa shape index (κ1) is 9.21. The third kappa shape index (κ3) is 4.13. The molecule has 0 aromatic rings. The van der Waals surface area contributed by atoms with E-state index in [1.807, 2.05) is 19.9 Å². The van der Waals surface area contributed by atoms with Crippen LogP contribution in [0.15, 0.2) is 16.8 Å². The second-order valence-electron chi connectivity index (χ2n) is 2.22. The molecule has 0 amide bonds. The maximum Gasteiger partial charge on any atom is 0.0330 e. The molecule has 10 heavy (non-hydrogen) atoms. The first-order chi connectivity index (χ1) is 4.70. The van der Waals surface area contributed by atoms with Crippen LogP contribution in [0, 0.1) is 0 Å². The van der Waals surface area contributed by atoms with Crippen LogP contribution in [0.5, 0.6) is 0 Å². The largest absolute Gasteiger partial charge is 0.389 e. The van der Waals surface area contributed by atoms with Crippen molar-refractivity contribution in [2.75, 3.05) is 13.6 Å². The second kappa shape index (κ2) is 5.03. The van der Waals surface area contributed by atoms with Gasteiger partial charge < -0.3 is 5.32 Å². The molecule has 1 N–H and O–H groups in total. The minimum absolute atomic E-state index is 0.972. The minimum atomic E-state index is 0.972. The van der Waals surface area contributed by atoms with E-state index in [1.54, 1.807) is 7.05 Å². The smallest absolute Gasteiger partial charge is 0.0330 e. The average Bonchev–Trinajstić information content (AvgIpc) is 1.88. The molecule has 0 atom stereocenters. The highest BCUT2D eigenvalue weighted by Crippen LogP contribution is 1.87. The van der Waals surface area contributed by atoms with E-state index in [0.29, 0.717) is 0 Å². The van der Waals surface area contributed by atoms with Crippen molar-refractivity contribution in [2.45, 2.75) is 20.8 Å². The van der Waals surface area contributed by atoms with Crippen LogP contribution in [0.1, 0.15) is 20.8 Å². The van der Waals surface area contributed by atoms with E-state index in [-0.39, 0.29) is 0 Å². The van der Waals surface area contributed by atoms with Gasteiger partial charge in [0.1, 0.15) is 0 Å². The Balaban J connectivity index is 3.90. The first-order valence-electron chi connectivity index (χ1n) is 3.56. The molecule has 0 aromatic carbocycles. The summed E-state index contributed by atoms with van der Waals surface area (Å²) in [5, 5.41) is 3.19. The van der Waals surface area contributed by atoms with E-state index < -0.39 is 0 Å². The number of rotatable bonds is 3. The topological polar surface area (TPSA) is 24.4 Å². The number of aliphatic imine (C=N–C) groups is 1. The molecule has 0 aromatic heterocycles. The van der Waals surface area contributed by atoms with Crippen molar-refractivity contribution in [2.24, 2.45) is 4.99 Å². The Morgan fingerprint density at radius 2 is 2.10 bits per heavy atom. The maximum atomic E-state index is 4.01. The summed E-state index contributed by atoms with van der Waals surface area (Å²) >= 11 is 0. The summed E-state index contributed by atoms with van der Waals surface area (Å²) in [6.45, 7) is 7.08. The predicted octanol–water partition coefficient (Wildman–Crippen LogP) is 1.59. The Bertz CT molecular complexity index is 145. The van der Waals surface area contributed by atoms with Gasteiger partial charge in [-0.15, -0.1) is 0 Å². The van der Waals surface area contributed by atoms with Crippen molar-refractivity contribution in [3.63, 3.8) is 0 Å². The molecule has 0 bridgehead atoms. The number of allylic oxidation sites excluding steroid dienone is 2. The third-order valence-electron chi connectivity index (χ3n) is 1.23. The molecule has 58 valence electrons. The maximum absolute atomic E-state index is 4.01. The van der Waals surface area contributed by atoms with E-state index in [0.717, 1.165) is 12.3 Å². The molecular formula is C8H16N2. The van der Waals surface area contributed by atoms with Crippen LogP contribution in [0.3, 0.4) is 0 Å². The van der Waals surface area contributed by atoms with Crippen LogP contribution in [0.4, 0.5) is 0 Å². The SMILES string of the molecule is CCN/C(C)=C\C(C)=NC. The number of hydrogen-bond acceptors (Lipinski definition) is 2. The second-order valence-corrected chi connectivity index (χ2v) is 2.22. The first-order valence-corrected chi connectivity index (χ1v) is 3.56. The molecule has 0 radical (unpaired) electrons. The number of hydrogen-bond donors (Lipinski definition) is 1. The van der Waals surface area contributed by atoms with Crippen LogP contribution < -0.4 is 5.32 Å². The van der Waals surface area contributed by atoms with Crippen LogP contribution in [-0.2, 0) is 0 Å². The normalized spacial score (nSPS) is 13.6. The van der Waals surface area contributed by atoms with Crippen molar-refractivity contribution >= 4 is 5.71 Å². The highest BCUT2D eigenvalue weighted by molar-refractivity contribution is 5.93. The van der Waals surface area contributed by atoms with Gasteiger partial charge in [0, 0.05) is 25.0 Å². The summed E-state index contributed by atoms with van der Waals surface area (Å²) < 4.78 is 0. The fourth-order valence-corrected chi connectivity index (χ4v) is 0.708. The van der Waals surface area contributed by atoms with E-state index in [9.17, 15) is 0 Å². The van der Waals surface area contributed by atoms with Crippen molar-refractivity contribution in [3.05, 3.63) is 11.8 Å². The zero-order valence-corrected chi connectivity index (χ0v) is 7.23. The standard InChI is InChI=1S/C8H16N2/c1-5-10-8(3)6-7(2)9-4/h6,10H,5H2,1-4H3/b8-6-,9-7?. The summed E-state index contributed by atoms with van der Waals surface area (Å²) in [5.74, 6) is 0. The molecule has 0 saturated carbocycles. The minimum Gasteiger partial charge on any atom is -0.389 e. The third-order valence-corrected chi connectivity index (χ3v) is 1.23. The Kier molecular flexibility index (Phi) is 4.63. The van der Waals surface area contributed by atoms with Crippen molar-refractivity contribution < 1.29 is 0 Å². The lowest BCUT2D eigenvalue weighted by Crippen LogP contribution is -2.10. The molecular weight excluding hydrogens is 124 g/mol. The van der Waals surface area contributed by atoms with Crippen molar-refractivity contribution in [1.29, 1.82) is 0 Å². The highest BCUT2D eigenvalue weighted by Gasteiger charge is 1.85. The molecule has 0 unspecified atom stereocenters. The summed E-state index contributed by atoms with van der Waals surface area (Å²) in [6, 6.07) is 0. The Morgan fingerprint density at radius 3 is 2.50 bits per heavy atom. The average molecular weight is 140 g/mol. The summed E-state index contributed by atoms with van der Waals surface area (Å²) in [5.41, 5.74) is 2.23. The number of nitrogens with one attached hydrogen (secondary N) is 1. The molecule has 0 saturated heterocycles. The van der Waals surface area contributed by atoms with Crippen LogP contribution in [0.2, 0.25) is 0 Å². The van der Waals surface area contributed by atoms with Gasteiger partial charge in [0.15, 0.2) is 0 Å². The van der Waals surface area contributed by atoms with Gasteiger partial charge in [-0.2, -0.15) is 0 Å². The molecule has 0 rings (SSSR count). The van der Waals surface area contributed by atoms with Gasteiger partial charge in [-0.25, -0.2) is 0 Å². The molecule has 2 heteroatoms. The van der Waals surface area contributed by atoms with Crippen LogP contribution >= 0.6 is 0 Å². The zero-order valence-electron chi connectivity index (χ0n) is 7.23. The fraction of sp³-hybridized carbons (Fsp3) is 0.625. The molecule has 0 aliphatic heterocycles. The van der Waals surface area contributed by atoms with Gasteiger partial charge in [0.25, 0.3) is 0 Å². The van der Waals surface area contributed by atoms with Gasteiger partial charge in [0.2, 0.25) is 0 Å². The Labute approximate surface area is 63.0 Å².